The highest BCUT2D eigenvalue weighted by molar-refractivity contribution is 5.20. The average molecular weight is 283 g/mol. The van der Waals surface area contributed by atoms with Crippen LogP contribution in [0.2, 0.25) is 0 Å². The molecule has 1 heterocycles. The van der Waals surface area contributed by atoms with Gasteiger partial charge in [-0.3, -0.25) is 9.80 Å². The Bertz CT molecular complexity index is 433. The molecular formula is C15H23F2N3. The minimum absolute atomic E-state index is 0.0769. The Kier molecular flexibility index (Phi) is 5.46. The number of halogens is 2. The highest BCUT2D eigenvalue weighted by Crippen LogP contribution is 2.20. The Hall–Kier alpha value is -1.04. The second-order valence-corrected chi connectivity index (χ2v) is 5.42. The lowest BCUT2D eigenvalue weighted by Crippen LogP contribution is -2.46. The zero-order valence-corrected chi connectivity index (χ0v) is 12.2. The summed E-state index contributed by atoms with van der Waals surface area (Å²) >= 11 is 0. The number of nitrogens with zero attached hydrogens (tertiary/aromatic N) is 2. The highest BCUT2D eigenvalue weighted by Gasteiger charge is 2.15. The summed E-state index contributed by atoms with van der Waals surface area (Å²) in [5, 5.41) is 3.33. The van der Waals surface area contributed by atoms with Gasteiger partial charge in [-0.05, 0) is 31.7 Å². The van der Waals surface area contributed by atoms with Crippen LogP contribution in [0, 0.1) is 11.6 Å². The van der Waals surface area contributed by atoms with Crippen molar-refractivity contribution in [3.63, 3.8) is 0 Å². The molecular weight excluding hydrogens is 260 g/mol. The molecule has 5 heteroatoms. The van der Waals surface area contributed by atoms with Crippen molar-refractivity contribution >= 4 is 0 Å². The molecule has 112 valence electrons. The zero-order chi connectivity index (χ0) is 14.5. The summed E-state index contributed by atoms with van der Waals surface area (Å²) in [6.07, 6.45) is 0. The average Bonchev–Trinajstić information content (AvgIpc) is 2.48. The van der Waals surface area contributed by atoms with Gasteiger partial charge >= 0.3 is 0 Å². The number of hydrogen-bond donors (Lipinski definition) is 1. The van der Waals surface area contributed by atoms with Crippen molar-refractivity contribution in [1.29, 1.82) is 0 Å². The van der Waals surface area contributed by atoms with Gasteiger partial charge in [0.1, 0.15) is 0 Å². The minimum atomic E-state index is -0.788. The van der Waals surface area contributed by atoms with E-state index in [0.717, 1.165) is 44.8 Å². The maximum Gasteiger partial charge on any atom is 0.159 e. The first kappa shape index (κ1) is 15.4. The Morgan fingerprint density at radius 1 is 1.25 bits per heavy atom. The number of nitrogens with one attached hydrogen (secondary N) is 1. The fourth-order valence-electron chi connectivity index (χ4n) is 2.45. The van der Waals surface area contributed by atoms with Gasteiger partial charge in [-0.1, -0.05) is 6.07 Å². The van der Waals surface area contributed by atoms with Crippen LogP contribution in [0.1, 0.15) is 18.5 Å². The van der Waals surface area contributed by atoms with E-state index in [1.807, 2.05) is 14.0 Å². The number of likely N-dealkylation sites (N-methyl/N-ethyl adjacent to an activating group) is 1. The first-order valence-electron chi connectivity index (χ1n) is 7.16. The van der Waals surface area contributed by atoms with Crippen molar-refractivity contribution in [2.24, 2.45) is 0 Å². The third-order valence-electron chi connectivity index (χ3n) is 4.07. The third kappa shape index (κ3) is 3.98. The fraction of sp³-hybridized carbons (Fsp3) is 0.600. The lowest BCUT2D eigenvalue weighted by atomic mass is 10.1. The second kappa shape index (κ2) is 7.11. The molecule has 20 heavy (non-hydrogen) atoms. The number of hydrogen-bond acceptors (Lipinski definition) is 3. The van der Waals surface area contributed by atoms with E-state index in [1.165, 1.54) is 12.1 Å². The smallest absolute Gasteiger partial charge is 0.159 e. The standard InChI is InChI=1S/C15H23F2N3/c1-12(13-3-4-14(16)15(17)11-13)19(2)9-10-20-7-5-18-6-8-20/h3-4,11-12,18H,5-10H2,1-2H3. The molecule has 0 spiro atoms. The van der Waals surface area contributed by atoms with E-state index >= 15 is 0 Å². The predicted molar refractivity (Wildman–Crippen MR) is 76.7 cm³/mol. The van der Waals surface area contributed by atoms with Crippen LogP contribution in [-0.4, -0.2) is 56.1 Å². The fourth-order valence-corrected chi connectivity index (χ4v) is 2.45. The van der Waals surface area contributed by atoms with Gasteiger partial charge in [-0.2, -0.15) is 0 Å². The van der Waals surface area contributed by atoms with E-state index < -0.39 is 11.6 Å². The quantitative estimate of drug-likeness (QED) is 0.890. The van der Waals surface area contributed by atoms with Gasteiger partial charge in [0.05, 0.1) is 0 Å². The monoisotopic (exact) mass is 283 g/mol. The molecule has 0 aliphatic carbocycles. The number of piperazine rings is 1. The molecule has 1 aliphatic rings. The van der Waals surface area contributed by atoms with E-state index in [-0.39, 0.29) is 6.04 Å². The topological polar surface area (TPSA) is 18.5 Å². The van der Waals surface area contributed by atoms with Crippen molar-refractivity contribution < 1.29 is 8.78 Å². The summed E-state index contributed by atoms with van der Waals surface area (Å²) in [7, 11) is 2.02. The highest BCUT2D eigenvalue weighted by atomic mass is 19.2. The molecule has 1 unspecified atom stereocenters. The SMILES string of the molecule is CC(c1ccc(F)c(F)c1)N(C)CCN1CCNCC1. The van der Waals surface area contributed by atoms with Crippen molar-refractivity contribution in [2.75, 3.05) is 46.3 Å². The molecule has 0 aromatic heterocycles. The van der Waals surface area contributed by atoms with Crippen LogP contribution >= 0.6 is 0 Å². The Morgan fingerprint density at radius 2 is 1.95 bits per heavy atom. The number of benzene rings is 1. The molecule has 1 atom stereocenters. The molecule has 2 rings (SSSR count). The summed E-state index contributed by atoms with van der Waals surface area (Å²) in [6.45, 7) is 8.18. The van der Waals surface area contributed by atoms with Crippen molar-refractivity contribution in [3.8, 4) is 0 Å². The first-order chi connectivity index (χ1) is 9.58. The molecule has 1 aromatic rings. The van der Waals surface area contributed by atoms with Crippen LogP contribution in [0.4, 0.5) is 8.78 Å². The number of rotatable bonds is 5. The molecule has 1 saturated heterocycles. The molecule has 0 saturated carbocycles. The second-order valence-electron chi connectivity index (χ2n) is 5.42. The molecule has 1 aromatic carbocycles. The lowest BCUT2D eigenvalue weighted by molar-refractivity contribution is 0.183. The first-order valence-corrected chi connectivity index (χ1v) is 7.16. The minimum Gasteiger partial charge on any atom is -0.314 e. The van der Waals surface area contributed by atoms with Crippen molar-refractivity contribution in [3.05, 3.63) is 35.4 Å². The largest absolute Gasteiger partial charge is 0.314 e. The van der Waals surface area contributed by atoms with Gasteiger partial charge < -0.3 is 5.32 Å². The zero-order valence-electron chi connectivity index (χ0n) is 12.2. The summed E-state index contributed by atoms with van der Waals surface area (Å²) in [5.41, 5.74) is 0.812. The van der Waals surface area contributed by atoms with E-state index in [4.69, 9.17) is 0 Å². The van der Waals surface area contributed by atoms with Crippen LogP contribution in [0.15, 0.2) is 18.2 Å². The molecule has 3 nitrogen and oxygen atoms in total. The Labute approximate surface area is 119 Å². The van der Waals surface area contributed by atoms with Gasteiger partial charge in [0.15, 0.2) is 11.6 Å². The van der Waals surface area contributed by atoms with E-state index in [1.54, 1.807) is 6.07 Å². The van der Waals surface area contributed by atoms with E-state index in [2.05, 4.69) is 15.1 Å². The molecule has 0 bridgehead atoms. The Morgan fingerprint density at radius 3 is 2.60 bits per heavy atom. The van der Waals surface area contributed by atoms with Gasteiger partial charge in [0, 0.05) is 45.3 Å². The van der Waals surface area contributed by atoms with Crippen LogP contribution in [-0.2, 0) is 0 Å². The van der Waals surface area contributed by atoms with Crippen molar-refractivity contribution in [1.82, 2.24) is 15.1 Å². The van der Waals surface area contributed by atoms with Crippen LogP contribution in [0.3, 0.4) is 0 Å². The predicted octanol–water partition coefficient (Wildman–Crippen LogP) is 1.86. The molecule has 0 amide bonds. The normalized spacial score (nSPS) is 18.4. The summed E-state index contributed by atoms with van der Waals surface area (Å²) < 4.78 is 26.2. The van der Waals surface area contributed by atoms with E-state index in [0.29, 0.717) is 0 Å². The van der Waals surface area contributed by atoms with Gasteiger partial charge in [0.2, 0.25) is 0 Å². The van der Waals surface area contributed by atoms with E-state index in [9.17, 15) is 8.78 Å². The molecule has 1 fully saturated rings. The molecule has 0 radical (unpaired) electrons. The summed E-state index contributed by atoms with van der Waals surface area (Å²) in [5.74, 6) is -1.56. The van der Waals surface area contributed by atoms with Gasteiger partial charge in [0.25, 0.3) is 0 Å². The molecule has 1 N–H and O–H groups in total. The van der Waals surface area contributed by atoms with Crippen LogP contribution in [0.25, 0.3) is 0 Å². The maximum absolute atomic E-state index is 13.3. The summed E-state index contributed by atoms with van der Waals surface area (Å²) in [6, 6.07) is 4.23. The van der Waals surface area contributed by atoms with Crippen molar-refractivity contribution in [2.45, 2.75) is 13.0 Å². The lowest BCUT2D eigenvalue weighted by Gasteiger charge is -2.31. The van der Waals surface area contributed by atoms with Gasteiger partial charge in [-0.25, -0.2) is 8.78 Å². The summed E-state index contributed by atoms with van der Waals surface area (Å²) in [4.78, 5) is 4.60. The van der Waals surface area contributed by atoms with Gasteiger partial charge in [-0.15, -0.1) is 0 Å². The third-order valence-corrected chi connectivity index (χ3v) is 4.07. The van der Waals surface area contributed by atoms with Crippen LogP contribution in [0.5, 0.6) is 0 Å². The maximum atomic E-state index is 13.3. The Balaban J connectivity index is 1.87. The molecule has 1 aliphatic heterocycles. The van der Waals surface area contributed by atoms with Crippen LogP contribution < -0.4 is 5.32 Å².